The molecule has 1 aliphatic carbocycles. The minimum absolute atomic E-state index is 0.102. The highest BCUT2D eigenvalue weighted by Gasteiger charge is 2.46. The molecular formula is C12H20O3. The van der Waals surface area contributed by atoms with Crippen LogP contribution in [0.1, 0.15) is 40.5 Å². The molecule has 1 fully saturated rings. The number of carbonyl (C=O) groups is 1. The Hall–Kier alpha value is -0.830. The van der Waals surface area contributed by atoms with Crippen molar-refractivity contribution in [3.63, 3.8) is 0 Å². The fraction of sp³-hybridized carbons (Fsp3) is 0.750. The average Bonchev–Trinajstić information content (AvgIpc) is 2.26. The van der Waals surface area contributed by atoms with Gasteiger partial charge in [0.1, 0.15) is 6.61 Å². The zero-order valence-electron chi connectivity index (χ0n) is 9.96. The first-order valence-electron chi connectivity index (χ1n) is 5.32. The molecule has 0 bridgehead atoms. The Morgan fingerprint density at radius 3 is 2.53 bits per heavy atom. The van der Waals surface area contributed by atoms with Gasteiger partial charge in [0.2, 0.25) is 0 Å². The first-order chi connectivity index (χ1) is 6.77. The van der Waals surface area contributed by atoms with E-state index in [-0.39, 0.29) is 18.0 Å². The van der Waals surface area contributed by atoms with Crippen LogP contribution >= 0.6 is 0 Å². The molecule has 0 radical (unpaired) electrons. The van der Waals surface area contributed by atoms with Crippen LogP contribution in [0.4, 0.5) is 0 Å². The molecule has 0 aliphatic heterocycles. The van der Waals surface area contributed by atoms with Gasteiger partial charge in [-0.25, -0.2) is 0 Å². The number of hydrogen-bond acceptors (Lipinski definition) is 3. The van der Waals surface area contributed by atoms with Crippen molar-refractivity contribution in [2.45, 2.75) is 46.1 Å². The molecule has 0 heterocycles. The Kier molecular flexibility index (Phi) is 3.24. The number of aliphatic hydroxyl groups is 1. The third-order valence-electron chi connectivity index (χ3n) is 3.58. The minimum Gasteiger partial charge on any atom is -0.462 e. The van der Waals surface area contributed by atoms with Crippen molar-refractivity contribution in [1.82, 2.24) is 0 Å². The van der Waals surface area contributed by atoms with E-state index in [2.05, 4.69) is 13.8 Å². The predicted octanol–water partition coefficient (Wildman–Crippen LogP) is 2.05. The summed E-state index contributed by atoms with van der Waals surface area (Å²) >= 11 is 0. The second-order valence-electron chi connectivity index (χ2n) is 4.99. The summed E-state index contributed by atoms with van der Waals surface area (Å²) in [7, 11) is 0. The van der Waals surface area contributed by atoms with Gasteiger partial charge in [-0.3, -0.25) is 4.79 Å². The average molecular weight is 212 g/mol. The van der Waals surface area contributed by atoms with Gasteiger partial charge in [0.15, 0.2) is 0 Å². The van der Waals surface area contributed by atoms with Crippen LogP contribution in [0.3, 0.4) is 0 Å². The van der Waals surface area contributed by atoms with Crippen molar-refractivity contribution >= 4 is 5.97 Å². The van der Waals surface area contributed by atoms with E-state index in [4.69, 9.17) is 4.74 Å². The zero-order valence-corrected chi connectivity index (χ0v) is 9.96. The van der Waals surface area contributed by atoms with Gasteiger partial charge in [-0.15, -0.1) is 0 Å². The standard InChI is InChI=1S/C12H20O3/c1-9(13)15-8-6-10-5-7-11(2,3)12(10,4)14/h6,14H,5,7-8H2,1-4H3/b10-6-. The highest BCUT2D eigenvalue weighted by Crippen LogP contribution is 2.48. The Morgan fingerprint density at radius 2 is 2.13 bits per heavy atom. The van der Waals surface area contributed by atoms with E-state index in [0.29, 0.717) is 0 Å². The van der Waals surface area contributed by atoms with Gasteiger partial charge in [-0.05, 0) is 36.8 Å². The van der Waals surface area contributed by atoms with Gasteiger partial charge in [0, 0.05) is 6.92 Å². The van der Waals surface area contributed by atoms with E-state index in [9.17, 15) is 9.90 Å². The van der Waals surface area contributed by atoms with Crippen molar-refractivity contribution in [3.05, 3.63) is 11.6 Å². The molecule has 0 spiro atoms. The highest BCUT2D eigenvalue weighted by atomic mass is 16.5. The topological polar surface area (TPSA) is 46.5 Å². The van der Waals surface area contributed by atoms with Gasteiger partial charge in [-0.1, -0.05) is 13.8 Å². The zero-order chi connectivity index (χ0) is 11.7. The molecule has 1 saturated carbocycles. The summed E-state index contributed by atoms with van der Waals surface area (Å²) in [5.74, 6) is -0.288. The molecule has 86 valence electrons. The van der Waals surface area contributed by atoms with Gasteiger partial charge in [-0.2, -0.15) is 0 Å². The maximum atomic E-state index is 10.6. The third kappa shape index (κ3) is 2.40. The Balaban J connectivity index is 2.69. The van der Waals surface area contributed by atoms with E-state index < -0.39 is 5.60 Å². The van der Waals surface area contributed by atoms with Crippen molar-refractivity contribution in [3.8, 4) is 0 Å². The lowest BCUT2D eigenvalue weighted by Gasteiger charge is -2.34. The Bertz CT molecular complexity index is 287. The largest absolute Gasteiger partial charge is 0.462 e. The molecule has 1 N–H and O–H groups in total. The first-order valence-corrected chi connectivity index (χ1v) is 5.32. The number of hydrogen-bond donors (Lipinski definition) is 1. The van der Waals surface area contributed by atoms with Crippen molar-refractivity contribution in [2.24, 2.45) is 5.41 Å². The lowest BCUT2D eigenvalue weighted by Crippen LogP contribution is -2.37. The summed E-state index contributed by atoms with van der Waals surface area (Å²) < 4.78 is 4.84. The minimum atomic E-state index is -0.785. The van der Waals surface area contributed by atoms with Crippen LogP contribution in [0.5, 0.6) is 0 Å². The molecule has 0 amide bonds. The molecule has 3 heteroatoms. The quantitative estimate of drug-likeness (QED) is 0.563. The summed E-state index contributed by atoms with van der Waals surface area (Å²) in [6, 6.07) is 0. The van der Waals surface area contributed by atoms with Gasteiger partial charge in [0.05, 0.1) is 5.60 Å². The molecule has 3 nitrogen and oxygen atoms in total. The second-order valence-corrected chi connectivity index (χ2v) is 4.99. The van der Waals surface area contributed by atoms with Crippen LogP contribution in [0.15, 0.2) is 11.6 Å². The van der Waals surface area contributed by atoms with E-state index >= 15 is 0 Å². The summed E-state index contributed by atoms with van der Waals surface area (Å²) in [5.41, 5.74) is 0.0936. The summed E-state index contributed by atoms with van der Waals surface area (Å²) in [6.45, 7) is 7.59. The number of carbonyl (C=O) groups excluding carboxylic acids is 1. The normalized spacial score (nSPS) is 31.9. The number of ether oxygens (including phenoxy) is 1. The maximum absolute atomic E-state index is 10.6. The van der Waals surface area contributed by atoms with E-state index in [0.717, 1.165) is 18.4 Å². The molecule has 0 aromatic carbocycles. The van der Waals surface area contributed by atoms with Gasteiger partial charge < -0.3 is 9.84 Å². The monoisotopic (exact) mass is 212 g/mol. The Morgan fingerprint density at radius 1 is 1.53 bits per heavy atom. The number of rotatable bonds is 2. The third-order valence-corrected chi connectivity index (χ3v) is 3.58. The van der Waals surface area contributed by atoms with Crippen LogP contribution < -0.4 is 0 Å². The van der Waals surface area contributed by atoms with Crippen molar-refractivity contribution in [1.29, 1.82) is 0 Å². The Labute approximate surface area is 91.1 Å². The van der Waals surface area contributed by atoms with Crippen LogP contribution in [0.2, 0.25) is 0 Å². The summed E-state index contributed by atoms with van der Waals surface area (Å²) in [4.78, 5) is 10.6. The molecule has 15 heavy (non-hydrogen) atoms. The van der Waals surface area contributed by atoms with Crippen molar-refractivity contribution in [2.75, 3.05) is 6.61 Å². The van der Waals surface area contributed by atoms with Crippen molar-refractivity contribution < 1.29 is 14.6 Å². The summed E-state index contributed by atoms with van der Waals surface area (Å²) in [5, 5.41) is 10.3. The first kappa shape index (κ1) is 12.2. The smallest absolute Gasteiger partial charge is 0.302 e. The molecule has 1 unspecified atom stereocenters. The van der Waals surface area contributed by atoms with Crippen LogP contribution in [-0.4, -0.2) is 23.3 Å². The van der Waals surface area contributed by atoms with E-state index in [1.807, 2.05) is 13.0 Å². The SMILES string of the molecule is CC(=O)OC/C=C1/CCC(C)(C)C1(C)O. The lowest BCUT2D eigenvalue weighted by atomic mass is 9.78. The highest BCUT2D eigenvalue weighted by molar-refractivity contribution is 5.66. The second kappa shape index (κ2) is 3.97. The summed E-state index contributed by atoms with van der Waals surface area (Å²) in [6.07, 6.45) is 3.67. The van der Waals surface area contributed by atoms with Crippen LogP contribution in [-0.2, 0) is 9.53 Å². The van der Waals surface area contributed by atoms with Crippen LogP contribution in [0, 0.1) is 5.41 Å². The molecule has 0 saturated heterocycles. The van der Waals surface area contributed by atoms with Gasteiger partial charge >= 0.3 is 5.97 Å². The predicted molar refractivity (Wildman–Crippen MR) is 58.4 cm³/mol. The molecule has 1 atom stereocenters. The molecule has 0 aromatic rings. The number of esters is 1. The fourth-order valence-corrected chi connectivity index (χ4v) is 1.93. The van der Waals surface area contributed by atoms with E-state index in [1.54, 1.807) is 0 Å². The van der Waals surface area contributed by atoms with Gasteiger partial charge in [0.25, 0.3) is 0 Å². The molecule has 0 aromatic heterocycles. The molecule has 1 rings (SSSR count). The molecule has 1 aliphatic rings. The van der Waals surface area contributed by atoms with E-state index in [1.165, 1.54) is 6.92 Å². The fourth-order valence-electron chi connectivity index (χ4n) is 1.93. The maximum Gasteiger partial charge on any atom is 0.302 e. The lowest BCUT2D eigenvalue weighted by molar-refractivity contribution is -0.139. The van der Waals surface area contributed by atoms with Crippen LogP contribution in [0.25, 0.3) is 0 Å². The molecular weight excluding hydrogens is 192 g/mol.